The first-order chi connectivity index (χ1) is 9.69. The standard InChI is InChI=1S/C15H25N3O2/c1-5-16-8-12-6-7-15(17-11(12)2)18-9-13(19-3)14(10-18)20-4/h6-7,13-14,16H,5,8-10H2,1-4H3. The van der Waals surface area contributed by atoms with Crippen LogP contribution >= 0.6 is 0 Å². The molecule has 2 rings (SSSR count). The zero-order valence-corrected chi connectivity index (χ0v) is 12.8. The molecular formula is C15H25N3O2. The zero-order chi connectivity index (χ0) is 14.5. The van der Waals surface area contributed by atoms with E-state index in [1.165, 1.54) is 5.56 Å². The van der Waals surface area contributed by atoms with E-state index in [2.05, 4.69) is 36.2 Å². The van der Waals surface area contributed by atoms with Crippen molar-refractivity contribution in [2.24, 2.45) is 0 Å². The molecule has 1 aromatic rings. The summed E-state index contributed by atoms with van der Waals surface area (Å²) in [5, 5.41) is 3.33. The molecule has 1 N–H and O–H groups in total. The fraction of sp³-hybridized carbons (Fsp3) is 0.667. The highest BCUT2D eigenvalue weighted by Crippen LogP contribution is 2.23. The molecule has 1 aliphatic rings. The van der Waals surface area contributed by atoms with Crippen LogP contribution in [-0.4, -0.2) is 51.0 Å². The lowest BCUT2D eigenvalue weighted by Gasteiger charge is -2.18. The third-order valence-corrected chi connectivity index (χ3v) is 3.89. The number of rotatable bonds is 6. The van der Waals surface area contributed by atoms with Gasteiger partial charge in [0.1, 0.15) is 18.0 Å². The maximum absolute atomic E-state index is 5.47. The second-order valence-corrected chi connectivity index (χ2v) is 5.15. The van der Waals surface area contributed by atoms with Gasteiger partial charge in [0.05, 0.1) is 0 Å². The Bertz CT molecular complexity index is 427. The Morgan fingerprint density at radius 3 is 2.40 bits per heavy atom. The number of ether oxygens (including phenoxy) is 2. The van der Waals surface area contributed by atoms with E-state index in [0.717, 1.165) is 37.7 Å². The van der Waals surface area contributed by atoms with Crippen LogP contribution in [-0.2, 0) is 16.0 Å². The summed E-state index contributed by atoms with van der Waals surface area (Å²) in [5.41, 5.74) is 2.33. The van der Waals surface area contributed by atoms with Crippen LogP contribution in [0.5, 0.6) is 0 Å². The molecule has 2 heterocycles. The summed E-state index contributed by atoms with van der Waals surface area (Å²) in [6.07, 6.45) is 0.229. The predicted octanol–water partition coefficient (Wildman–Crippen LogP) is 1.35. The first-order valence-corrected chi connectivity index (χ1v) is 7.17. The highest BCUT2D eigenvalue weighted by Gasteiger charge is 2.33. The molecule has 0 saturated carbocycles. The summed E-state index contributed by atoms with van der Waals surface area (Å²) >= 11 is 0. The van der Waals surface area contributed by atoms with Gasteiger partial charge in [0.2, 0.25) is 0 Å². The second-order valence-electron chi connectivity index (χ2n) is 5.15. The Balaban J connectivity index is 2.08. The number of nitrogens with one attached hydrogen (secondary N) is 1. The smallest absolute Gasteiger partial charge is 0.128 e. The molecule has 0 spiro atoms. The van der Waals surface area contributed by atoms with Gasteiger partial charge in [0.15, 0.2) is 0 Å². The number of aromatic nitrogens is 1. The van der Waals surface area contributed by atoms with Crippen molar-refractivity contribution in [1.29, 1.82) is 0 Å². The summed E-state index contributed by atoms with van der Waals surface area (Å²) in [4.78, 5) is 6.95. The van der Waals surface area contributed by atoms with Crippen LogP contribution in [0.1, 0.15) is 18.2 Å². The van der Waals surface area contributed by atoms with Gasteiger partial charge in [0, 0.05) is 39.5 Å². The van der Waals surface area contributed by atoms with Crippen LogP contribution < -0.4 is 10.2 Å². The minimum absolute atomic E-state index is 0.114. The molecule has 5 heteroatoms. The minimum Gasteiger partial charge on any atom is -0.377 e. The van der Waals surface area contributed by atoms with Crippen LogP contribution in [0.15, 0.2) is 12.1 Å². The largest absolute Gasteiger partial charge is 0.377 e. The Kier molecular flexibility index (Phi) is 5.34. The fourth-order valence-electron chi connectivity index (χ4n) is 2.58. The van der Waals surface area contributed by atoms with Crippen molar-refractivity contribution in [2.75, 3.05) is 38.8 Å². The lowest BCUT2D eigenvalue weighted by molar-refractivity contribution is -0.00461. The topological polar surface area (TPSA) is 46.6 Å². The van der Waals surface area contributed by atoms with Gasteiger partial charge in [-0.25, -0.2) is 4.98 Å². The lowest BCUT2D eigenvalue weighted by atomic mass is 10.2. The van der Waals surface area contributed by atoms with Crippen LogP contribution in [0.25, 0.3) is 0 Å². The molecule has 0 aromatic carbocycles. The van der Waals surface area contributed by atoms with Gasteiger partial charge in [-0.3, -0.25) is 0 Å². The molecule has 1 aliphatic heterocycles. The molecule has 0 aliphatic carbocycles. The second kappa shape index (κ2) is 7.02. The van der Waals surface area contributed by atoms with Gasteiger partial charge in [-0.1, -0.05) is 13.0 Å². The molecule has 0 radical (unpaired) electrons. The molecule has 1 saturated heterocycles. The van der Waals surface area contributed by atoms with Crippen molar-refractivity contribution >= 4 is 5.82 Å². The Morgan fingerprint density at radius 2 is 1.90 bits per heavy atom. The summed E-state index contributed by atoms with van der Waals surface area (Å²) in [6.45, 7) is 7.67. The molecule has 5 nitrogen and oxygen atoms in total. The number of anilines is 1. The van der Waals surface area contributed by atoms with E-state index in [9.17, 15) is 0 Å². The number of nitrogens with zero attached hydrogens (tertiary/aromatic N) is 2. The molecule has 112 valence electrons. The Hall–Kier alpha value is -1.17. The molecule has 1 aromatic heterocycles. The molecule has 0 amide bonds. The summed E-state index contributed by atoms with van der Waals surface area (Å²) in [7, 11) is 3.47. The van der Waals surface area contributed by atoms with Crippen LogP contribution in [0.3, 0.4) is 0 Å². The van der Waals surface area contributed by atoms with Crippen LogP contribution in [0.2, 0.25) is 0 Å². The minimum atomic E-state index is 0.114. The third kappa shape index (κ3) is 3.29. The van der Waals surface area contributed by atoms with Gasteiger partial charge in [0.25, 0.3) is 0 Å². The van der Waals surface area contributed by atoms with Gasteiger partial charge in [-0.2, -0.15) is 0 Å². The van der Waals surface area contributed by atoms with Crippen molar-refractivity contribution in [1.82, 2.24) is 10.3 Å². The average Bonchev–Trinajstić information content (AvgIpc) is 2.89. The Morgan fingerprint density at radius 1 is 1.25 bits per heavy atom. The van der Waals surface area contributed by atoms with Crippen LogP contribution in [0.4, 0.5) is 5.82 Å². The monoisotopic (exact) mass is 279 g/mol. The summed E-state index contributed by atoms with van der Waals surface area (Å²) in [5.74, 6) is 1.00. The predicted molar refractivity (Wildman–Crippen MR) is 80.2 cm³/mol. The number of methoxy groups -OCH3 is 2. The van der Waals surface area contributed by atoms with Gasteiger partial charge in [-0.15, -0.1) is 0 Å². The number of pyridine rings is 1. The SMILES string of the molecule is CCNCc1ccc(N2CC(OC)C(OC)C2)nc1C. The van der Waals surface area contributed by atoms with Crippen molar-refractivity contribution in [3.8, 4) is 0 Å². The molecule has 20 heavy (non-hydrogen) atoms. The maximum Gasteiger partial charge on any atom is 0.128 e. The van der Waals surface area contributed by atoms with E-state index in [1.807, 2.05) is 0 Å². The highest BCUT2D eigenvalue weighted by atomic mass is 16.5. The van der Waals surface area contributed by atoms with E-state index in [0.29, 0.717) is 0 Å². The first-order valence-electron chi connectivity index (χ1n) is 7.17. The number of aryl methyl sites for hydroxylation is 1. The average molecular weight is 279 g/mol. The molecular weight excluding hydrogens is 254 g/mol. The molecule has 0 bridgehead atoms. The Labute approximate surface area is 121 Å². The van der Waals surface area contributed by atoms with E-state index >= 15 is 0 Å². The van der Waals surface area contributed by atoms with Crippen molar-refractivity contribution in [2.45, 2.75) is 32.6 Å². The molecule has 1 fully saturated rings. The van der Waals surface area contributed by atoms with Crippen molar-refractivity contribution < 1.29 is 9.47 Å². The van der Waals surface area contributed by atoms with Crippen LogP contribution in [0, 0.1) is 6.92 Å². The molecule has 2 unspecified atom stereocenters. The number of hydrogen-bond donors (Lipinski definition) is 1. The quantitative estimate of drug-likeness (QED) is 0.852. The third-order valence-electron chi connectivity index (χ3n) is 3.89. The highest BCUT2D eigenvalue weighted by molar-refractivity contribution is 5.43. The van der Waals surface area contributed by atoms with E-state index in [4.69, 9.17) is 14.5 Å². The van der Waals surface area contributed by atoms with E-state index in [1.54, 1.807) is 14.2 Å². The van der Waals surface area contributed by atoms with Crippen molar-refractivity contribution in [3.05, 3.63) is 23.4 Å². The summed E-state index contributed by atoms with van der Waals surface area (Å²) < 4.78 is 10.9. The zero-order valence-electron chi connectivity index (χ0n) is 12.8. The van der Waals surface area contributed by atoms with Crippen molar-refractivity contribution in [3.63, 3.8) is 0 Å². The van der Waals surface area contributed by atoms with Gasteiger partial charge < -0.3 is 19.7 Å². The summed E-state index contributed by atoms with van der Waals surface area (Å²) in [6, 6.07) is 4.24. The van der Waals surface area contributed by atoms with E-state index < -0.39 is 0 Å². The molecule has 2 atom stereocenters. The number of hydrogen-bond acceptors (Lipinski definition) is 5. The first kappa shape index (κ1) is 15.2. The van der Waals surface area contributed by atoms with Gasteiger partial charge >= 0.3 is 0 Å². The van der Waals surface area contributed by atoms with Gasteiger partial charge in [-0.05, 0) is 25.1 Å². The fourth-order valence-corrected chi connectivity index (χ4v) is 2.58. The lowest BCUT2D eigenvalue weighted by Crippen LogP contribution is -2.27. The normalized spacial score (nSPS) is 22.5. The maximum atomic E-state index is 5.47. The van der Waals surface area contributed by atoms with E-state index in [-0.39, 0.29) is 12.2 Å².